The van der Waals surface area contributed by atoms with Gasteiger partial charge in [0.05, 0.1) is 30.2 Å². The molecule has 0 unspecified atom stereocenters. The maximum absolute atomic E-state index is 13.7. The first-order valence-electron chi connectivity index (χ1n) is 14.0. The van der Waals surface area contributed by atoms with Gasteiger partial charge in [0, 0.05) is 5.92 Å². The van der Waals surface area contributed by atoms with Gasteiger partial charge in [-0.25, -0.2) is 0 Å². The van der Waals surface area contributed by atoms with Gasteiger partial charge in [-0.3, -0.25) is 14.5 Å². The number of allylic oxidation sites excluding steroid dienone is 2. The maximum Gasteiger partial charge on any atom is 0.488 e. The van der Waals surface area contributed by atoms with E-state index in [0.29, 0.717) is 31.3 Å². The Hall–Kier alpha value is -3.24. The summed E-state index contributed by atoms with van der Waals surface area (Å²) in [5.41, 5.74) is 4.11. The van der Waals surface area contributed by atoms with E-state index >= 15 is 0 Å². The largest absolute Gasteiger partial charge is 0.508 e. The lowest BCUT2D eigenvalue weighted by molar-refractivity contribution is -0.123. The molecule has 4 atom stereocenters. The molecule has 4 rings (SSSR count). The minimum atomic E-state index is -1.74. The summed E-state index contributed by atoms with van der Waals surface area (Å²) >= 11 is 0. The second kappa shape index (κ2) is 13.0. The van der Waals surface area contributed by atoms with Crippen LogP contribution in [0.2, 0.25) is 0 Å². The van der Waals surface area contributed by atoms with Gasteiger partial charge in [0.15, 0.2) is 0 Å². The SMILES string of the molecule is CCCC1=C([C@H](O)CC/C(=C/c2ccc(O)cc2)CC)[C@H](CO)[C@@H]2C(=O)N(c3cccc(B(O)O)c3)C(=O)[C@@H]2C1. The van der Waals surface area contributed by atoms with Gasteiger partial charge >= 0.3 is 7.12 Å². The monoisotopic (exact) mass is 547 g/mol. The first kappa shape index (κ1) is 29.7. The zero-order valence-electron chi connectivity index (χ0n) is 23.0. The molecule has 0 spiro atoms. The van der Waals surface area contributed by atoms with Gasteiger partial charge in [0.2, 0.25) is 11.8 Å². The van der Waals surface area contributed by atoms with Gasteiger partial charge < -0.3 is 25.4 Å². The van der Waals surface area contributed by atoms with Crippen molar-refractivity contribution in [2.45, 2.75) is 58.5 Å². The molecule has 2 aliphatic rings. The van der Waals surface area contributed by atoms with E-state index in [-0.39, 0.29) is 29.4 Å². The van der Waals surface area contributed by atoms with Crippen LogP contribution in [0, 0.1) is 17.8 Å². The molecule has 1 aliphatic carbocycles. The summed E-state index contributed by atoms with van der Waals surface area (Å²) in [5, 5.41) is 50.7. The molecule has 1 fully saturated rings. The molecular weight excluding hydrogens is 509 g/mol. The highest BCUT2D eigenvalue weighted by molar-refractivity contribution is 6.58. The zero-order valence-corrected chi connectivity index (χ0v) is 23.0. The number of phenolic OH excluding ortho intramolecular Hbond substituents is 1. The predicted molar refractivity (Wildman–Crippen MR) is 154 cm³/mol. The van der Waals surface area contributed by atoms with Crippen molar-refractivity contribution in [2.75, 3.05) is 11.5 Å². The minimum absolute atomic E-state index is 0.166. The van der Waals surface area contributed by atoms with Gasteiger partial charge in [-0.1, -0.05) is 61.8 Å². The van der Waals surface area contributed by atoms with Crippen molar-refractivity contribution in [3.8, 4) is 5.75 Å². The van der Waals surface area contributed by atoms with Crippen molar-refractivity contribution in [1.29, 1.82) is 0 Å². The number of aliphatic hydroxyl groups is 2. The summed E-state index contributed by atoms with van der Waals surface area (Å²) in [6.45, 7) is 3.70. The van der Waals surface area contributed by atoms with E-state index < -0.39 is 36.9 Å². The number of imide groups is 1. The molecule has 2 aromatic carbocycles. The highest BCUT2D eigenvalue weighted by Gasteiger charge is 2.55. The van der Waals surface area contributed by atoms with Crippen molar-refractivity contribution in [3.63, 3.8) is 0 Å². The van der Waals surface area contributed by atoms with Gasteiger partial charge in [-0.2, -0.15) is 0 Å². The number of aliphatic hydroxyl groups excluding tert-OH is 2. The molecule has 0 aromatic heterocycles. The zero-order chi connectivity index (χ0) is 29.0. The van der Waals surface area contributed by atoms with Crippen LogP contribution in [0.1, 0.15) is 57.9 Å². The molecule has 2 aromatic rings. The minimum Gasteiger partial charge on any atom is -0.508 e. The Labute approximate surface area is 235 Å². The van der Waals surface area contributed by atoms with Crippen LogP contribution >= 0.6 is 0 Å². The van der Waals surface area contributed by atoms with Crippen LogP contribution < -0.4 is 10.4 Å². The number of hydrogen-bond donors (Lipinski definition) is 5. The van der Waals surface area contributed by atoms with Crippen LogP contribution in [-0.4, -0.2) is 57.0 Å². The second-order valence-corrected chi connectivity index (χ2v) is 10.7. The molecule has 1 saturated heterocycles. The molecule has 1 aliphatic heterocycles. The fourth-order valence-electron chi connectivity index (χ4n) is 6.21. The van der Waals surface area contributed by atoms with Crippen molar-refractivity contribution in [1.82, 2.24) is 0 Å². The summed E-state index contributed by atoms with van der Waals surface area (Å²) in [4.78, 5) is 28.4. The number of benzene rings is 2. The number of phenols is 1. The van der Waals surface area contributed by atoms with Crippen molar-refractivity contribution in [3.05, 3.63) is 70.8 Å². The van der Waals surface area contributed by atoms with Crippen LogP contribution in [-0.2, 0) is 9.59 Å². The first-order valence-corrected chi connectivity index (χ1v) is 14.0. The lowest BCUT2D eigenvalue weighted by Crippen LogP contribution is -2.39. The van der Waals surface area contributed by atoms with Gasteiger partial charge in [0.25, 0.3) is 0 Å². The number of nitrogens with zero attached hydrogens (tertiary/aromatic N) is 1. The predicted octanol–water partition coefficient (Wildman–Crippen LogP) is 2.92. The van der Waals surface area contributed by atoms with E-state index in [4.69, 9.17) is 0 Å². The molecule has 5 N–H and O–H groups in total. The van der Waals surface area contributed by atoms with Crippen LogP contribution in [0.15, 0.2) is 65.3 Å². The number of amides is 2. The van der Waals surface area contributed by atoms with Gasteiger partial charge in [-0.05, 0) is 73.0 Å². The summed E-state index contributed by atoms with van der Waals surface area (Å²) < 4.78 is 0. The van der Waals surface area contributed by atoms with Crippen LogP contribution in [0.5, 0.6) is 5.75 Å². The Balaban J connectivity index is 1.60. The molecule has 0 radical (unpaired) electrons. The molecule has 40 heavy (non-hydrogen) atoms. The number of carbonyl (C=O) groups is 2. The Bertz CT molecular complexity index is 1290. The molecule has 0 bridgehead atoms. The van der Waals surface area contributed by atoms with Crippen LogP contribution in [0.4, 0.5) is 5.69 Å². The summed E-state index contributed by atoms with van der Waals surface area (Å²) in [7, 11) is -1.74. The normalized spacial score (nSPS) is 22.1. The Morgan fingerprint density at radius 1 is 1.10 bits per heavy atom. The summed E-state index contributed by atoms with van der Waals surface area (Å²) in [6, 6.07) is 13.0. The average molecular weight is 547 g/mol. The van der Waals surface area contributed by atoms with Gasteiger partial charge in [0.1, 0.15) is 5.75 Å². The highest BCUT2D eigenvalue weighted by Crippen LogP contribution is 2.48. The van der Waals surface area contributed by atoms with Crippen molar-refractivity contribution >= 4 is 36.2 Å². The second-order valence-electron chi connectivity index (χ2n) is 10.7. The number of aromatic hydroxyl groups is 1. The quantitative estimate of drug-likeness (QED) is 0.166. The molecule has 1 heterocycles. The average Bonchev–Trinajstić information content (AvgIpc) is 3.20. The molecule has 9 heteroatoms. The Kier molecular flexibility index (Phi) is 9.63. The van der Waals surface area contributed by atoms with Crippen LogP contribution in [0.3, 0.4) is 0 Å². The topological polar surface area (TPSA) is 139 Å². The number of fused-ring (bicyclic) bond motifs is 1. The van der Waals surface area contributed by atoms with Gasteiger partial charge in [-0.15, -0.1) is 0 Å². The number of carbonyl (C=O) groups excluding carboxylic acids is 2. The number of anilines is 1. The Morgan fingerprint density at radius 3 is 2.45 bits per heavy atom. The molecular formula is C31H38BNO7. The summed E-state index contributed by atoms with van der Waals surface area (Å²) in [6.07, 6.45) is 4.77. The molecule has 8 nitrogen and oxygen atoms in total. The molecule has 212 valence electrons. The molecule has 0 saturated carbocycles. The fourth-order valence-corrected chi connectivity index (χ4v) is 6.21. The third-order valence-corrected chi connectivity index (χ3v) is 8.18. The van der Waals surface area contributed by atoms with E-state index in [1.807, 2.05) is 32.1 Å². The van der Waals surface area contributed by atoms with Crippen LogP contribution in [0.25, 0.3) is 6.08 Å². The summed E-state index contributed by atoms with van der Waals surface area (Å²) in [5.74, 6) is -2.75. The van der Waals surface area contributed by atoms with Crippen molar-refractivity contribution in [2.24, 2.45) is 17.8 Å². The Morgan fingerprint density at radius 2 is 1.82 bits per heavy atom. The van der Waals surface area contributed by atoms with E-state index in [2.05, 4.69) is 0 Å². The lowest BCUT2D eigenvalue weighted by Gasteiger charge is -2.36. The number of rotatable bonds is 11. The maximum atomic E-state index is 13.7. The van der Waals surface area contributed by atoms with E-state index in [0.717, 1.165) is 34.5 Å². The van der Waals surface area contributed by atoms with E-state index in [1.165, 1.54) is 12.1 Å². The smallest absolute Gasteiger partial charge is 0.488 e. The first-order chi connectivity index (χ1) is 19.2. The van der Waals surface area contributed by atoms with Crippen molar-refractivity contribution < 1.29 is 35.0 Å². The highest BCUT2D eigenvalue weighted by atomic mass is 16.4. The van der Waals surface area contributed by atoms with E-state index in [9.17, 15) is 35.0 Å². The lowest BCUT2D eigenvalue weighted by atomic mass is 9.67. The van der Waals surface area contributed by atoms with E-state index in [1.54, 1.807) is 24.3 Å². The number of hydrogen-bond acceptors (Lipinski definition) is 7. The third-order valence-electron chi connectivity index (χ3n) is 8.18. The fraction of sp³-hybridized carbons (Fsp3) is 0.419. The standard InChI is InChI=1S/C31H38BNO7/c1-3-6-21-16-25-29(31(38)33(30(25)37)23-8-5-7-22(17-23)32(39)40)26(18-34)28(21)27(36)14-11-19(4-2)15-20-9-12-24(35)13-10-20/h5,7-10,12-13,15,17,25-27,29,34-36,39-40H,3-4,6,11,14,16,18H2,1-2H3/b19-15+/t25-,26+,27-,29-/m1/s1. The third kappa shape index (κ3) is 6.08. The molecule has 2 amide bonds.